The Balaban J connectivity index is 2.26. The second-order valence-electron chi connectivity index (χ2n) is 3.28. The van der Waals surface area contributed by atoms with Crippen molar-refractivity contribution < 1.29 is 13.2 Å². The average Bonchev–Trinajstić information content (AvgIpc) is 2.31. The van der Waals surface area contributed by atoms with Crippen LogP contribution in [0.3, 0.4) is 0 Å². The average molecular weight is 226 g/mol. The molecule has 1 fully saturated rings. The van der Waals surface area contributed by atoms with Crippen molar-refractivity contribution in [1.29, 1.82) is 0 Å². The van der Waals surface area contributed by atoms with Gasteiger partial charge in [0, 0.05) is 19.2 Å². The third-order valence-electron chi connectivity index (χ3n) is 2.23. The Bertz CT molecular complexity index is 410. The number of sulfone groups is 1. The lowest BCUT2D eigenvalue weighted by Crippen LogP contribution is -2.43. The maximum absolute atomic E-state index is 12.0. The Labute approximate surface area is 89.2 Å². The minimum absolute atomic E-state index is 0.193. The van der Waals surface area contributed by atoms with E-state index < -0.39 is 15.3 Å². The van der Waals surface area contributed by atoms with Crippen molar-refractivity contribution in [3.05, 3.63) is 30.3 Å². The molecule has 0 aromatic heterocycles. The normalized spacial score (nSPS) is 22.5. The van der Waals surface area contributed by atoms with Crippen molar-refractivity contribution >= 4 is 9.84 Å². The molecule has 5 heteroatoms. The number of nitrogens with one attached hydrogen (secondary N) is 1. The van der Waals surface area contributed by atoms with Crippen LogP contribution in [-0.2, 0) is 14.6 Å². The van der Waals surface area contributed by atoms with Gasteiger partial charge < -0.3 is 10.1 Å². The molecule has 1 unspecified atom stereocenters. The molecule has 1 radical (unpaired) electrons. The van der Waals surface area contributed by atoms with Crippen molar-refractivity contribution in [3.63, 3.8) is 0 Å². The molecule has 1 aromatic carbocycles. The molecule has 15 heavy (non-hydrogen) atoms. The van der Waals surface area contributed by atoms with Crippen LogP contribution in [-0.4, -0.2) is 33.6 Å². The second kappa shape index (κ2) is 4.30. The summed E-state index contributed by atoms with van der Waals surface area (Å²) in [7, 11) is -3.40. The third-order valence-corrected chi connectivity index (χ3v) is 4.09. The Kier molecular flexibility index (Phi) is 3.04. The Morgan fingerprint density at radius 2 is 2.33 bits per heavy atom. The lowest BCUT2D eigenvalue weighted by Gasteiger charge is -2.23. The van der Waals surface area contributed by atoms with Crippen LogP contribution < -0.4 is 5.32 Å². The standard InChI is InChI=1S/C10H12NO3S/c12-15(13,9-4-2-1-3-5-9)10-8-11-6-7-14-10/h1-4,10-11H,6-8H2. The van der Waals surface area contributed by atoms with E-state index in [4.69, 9.17) is 4.74 Å². The van der Waals surface area contributed by atoms with Crippen molar-refractivity contribution in [3.8, 4) is 0 Å². The fourth-order valence-electron chi connectivity index (χ4n) is 1.44. The fourth-order valence-corrected chi connectivity index (χ4v) is 2.83. The first kappa shape index (κ1) is 10.6. The minimum atomic E-state index is -3.40. The Morgan fingerprint density at radius 3 is 2.93 bits per heavy atom. The quantitative estimate of drug-likeness (QED) is 0.783. The number of hydrogen-bond acceptors (Lipinski definition) is 4. The van der Waals surface area contributed by atoms with E-state index in [1.54, 1.807) is 18.2 Å². The first-order valence-electron chi connectivity index (χ1n) is 4.74. The maximum Gasteiger partial charge on any atom is 0.207 e. The predicted molar refractivity (Wildman–Crippen MR) is 55.1 cm³/mol. The Morgan fingerprint density at radius 1 is 1.47 bits per heavy atom. The van der Waals surface area contributed by atoms with E-state index in [2.05, 4.69) is 11.4 Å². The summed E-state index contributed by atoms with van der Waals surface area (Å²) in [5.74, 6) is 0. The summed E-state index contributed by atoms with van der Waals surface area (Å²) in [6.07, 6.45) is 0. The highest BCUT2D eigenvalue weighted by molar-refractivity contribution is 7.92. The van der Waals surface area contributed by atoms with Crippen molar-refractivity contribution in [2.24, 2.45) is 0 Å². The molecule has 1 aliphatic rings. The number of morpholine rings is 1. The van der Waals surface area contributed by atoms with Crippen LogP contribution in [0.2, 0.25) is 0 Å². The molecule has 1 saturated heterocycles. The van der Waals surface area contributed by atoms with Crippen LogP contribution in [0.15, 0.2) is 29.2 Å². The SMILES string of the molecule is O=S(=O)(c1[c]cccc1)C1CNCCO1. The van der Waals surface area contributed by atoms with Crippen LogP contribution in [0.1, 0.15) is 0 Å². The molecule has 2 rings (SSSR count). The van der Waals surface area contributed by atoms with Gasteiger partial charge in [0.05, 0.1) is 11.5 Å². The van der Waals surface area contributed by atoms with E-state index in [9.17, 15) is 8.42 Å². The van der Waals surface area contributed by atoms with E-state index in [0.29, 0.717) is 19.7 Å². The van der Waals surface area contributed by atoms with Crippen LogP contribution in [0.4, 0.5) is 0 Å². The molecule has 0 bridgehead atoms. The molecule has 4 nitrogen and oxygen atoms in total. The van der Waals surface area contributed by atoms with Gasteiger partial charge in [-0.25, -0.2) is 8.42 Å². The van der Waals surface area contributed by atoms with Gasteiger partial charge in [0.15, 0.2) is 5.44 Å². The number of benzene rings is 1. The van der Waals surface area contributed by atoms with Crippen molar-refractivity contribution in [2.45, 2.75) is 10.3 Å². The highest BCUT2D eigenvalue weighted by Gasteiger charge is 2.29. The van der Waals surface area contributed by atoms with Gasteiger partial charge in [-0.1, -0.05) is 18.2 Å². The molecular formula is C10H12NO3S. The lowest BCUT2D eigenvalue weighted by atomic mass is 10.4. The zero-order chi connectivity index (χ0) is 10.7. The van der Waals surface area contributed by atoms with Gasteiger partial charge in [0.1, 0.15) is 0 Å². The molecule has 0 amide bonds. The first-order valence-corrected chi connectivity index (χ1v) is 6.29. The van der Waals surface area contributed by atoms with Crippen LogP contribution in [0, 0.1) is 6.07 Å². The number of rotatable bonds is 2. The first-order chi connectivity index (χ1) is 7.21. The van der Waals surface area contributed by atoms with Gasteiger partial charge in [-0.2, -0.15) is 0 Å². The number of hydrogen-bond donors (Lipinski definition) is 1. The summed E-state index contributed by atoms with van der Waals surface area (Å²) in [5.41, 5.74) is -0.787. The molecular weight excluding hydrogens is 214 g/mol. The Hall–Kier alpha value is -0.910. The van der Waals surface area contributed by atoms with Gasteiger partial charge in [-0.15, -0.1) is 0 Å². The molecule has 1 atom stereocenters. The maximum atomic E-state index is 12.0. The minimum Gasteiger partial charge on any atom is -0.359 e. The van der Waals surface area contributed by atoms with Gasteiger partial charge in [-0.05, 0) is 6.07 Å². The predicted octanol–water partition coefficient (Wildman–Crippen LogP) is 0.206. The van der Waals surface area contributed by atoms with Gasteiger partial charge in [-0.3, -0.25) is 0 Å². The third kappa shape index (κ3) is 2.19. The molecule has 1 heterocycles. The summed E-state index contributed by atoms with van der Waals surface area (Å²) in [6.45, 7) is 1.46. The summed E-state index contributed by atoms with van der Waals surface area (Å²) in [6, 6.07) is 9.25. The highest BCUT2D eigenvalue weighted by atomic mass is 32.2. The highest BCUT2D eigenvalue weighted by Crippen LogP contribution is 2.16. The summed E-state index contributed by atoms with van der Waals surface area (Å²) < 4.78 is 29.2. The zero-order valence-electron chi connectivity index (χ0n) is 8.14. The number of ether oxygens (including phenoxy) is 1. The van der Waals surface area contributed by atoms with E-state index in [0.717, 1.165) is 0 Å². The van der Waals surface area contributed by atoms with Crippen molar-refractivity contribution in [2.75, 3.05) is 19.7 Å². The van der Waals surface area contributed by atoms with Gasteiger partial charge in [0.2, 0.25) is 9.84 Å². The smallest absolute Gasteiger partial charge is 0.207 e. The van der Waals surface area contributed by atoms with Gasteiger partial charge >= 0.3 is 0 Å². The fraction of sp³-hybridized carbons (Fsp3) is 0.400. The molecule has 1 N–H and O–H groups in total. The van der Waals surface area contributed by atoms with Crippen LogP contribution in [0.25, 0.3) is 0 Å². The van der Waals surface area contributed by atoms with Crippen LogP contribution in [0.5, 0.6) is 0 Å². The summed E-state index contributed by atoms with van der Waals surface area (Å²) in [5, 5.41) is 2.99. The molecule has 1 aromatic rings. The summed E-state index contributed by atoms with van der Waals surface area (Å²) >= 11 is 0. The van der Waals surface area contributed by atoms with Gasteiger partial charge in [0.25, 0.3) is 0 Å². The molecule has 1 aliphatic heterocycles. The summed E-state index contributed by atoms with van der Waals surface area (Å²) in [4.78, 5) is 0.193. The molecule has 0 aliphatic carbocycles. The van der Waals surface area contributed by atoms with E-state index >= 15 is 0 Å². The second-order valence-corrected chi connectivity index (χ2v) is 5.33. The van der Waals surface area contributed by atoms with E-state index in [-0.39, 0.29) is 4.90 Å². The van der Waals surface area contributed by atoms with Crippen LogP contribution >= 0.6 is 0 Å². The largest absolute Gasteiger partial charge is 0.359 e. The molecule has 0 spiro atoms. The zero-order valence-corrected chi connectivity index (χ0v) is 8.96. The van der Waals surface area contributed by atoms with Crippen molar-refractivity contribution in [1.82, 2.24) is 5.32 Å². The molecule has 0 saturated carbocycles. The molecule has 81 valence electrons. The van der Waals surface area contributed by atoms with E-state index in [1.165, 1.54) is 6.07 Å². The topological polar surface area (TPSA) is 55.4 Å². The lowest BCUT2D eigenvalue weighted by molar-refractivity contribution is 0.0785. The van der Waals surface area contributed by atoms with E-state index in [1.807, 2.05) is 0 Å². The monoisotopic (exact) mass is 226 g/mol.